The van der Waals surface area contributed by atoms with E-state index in [4.69, 9.17) is 5.73 Å². The van der Waals surface area contributed by atoms with Gasteiger partial charge in [0.2, 0.25) is 11.8 Å². The van der Waals surface area contributed by atoms with Gasteiger partial charge in [0.15, 0.2) is 0 Å². The monoisotopic (exact) mass is 701 g/mol. The Labute approximate surface area is 313 Å². The average molecular weight is 701 g/mol. The third kappa shape index (κ3) is 39.2. The fourth-order valence-electron chi connectivity index (χ4n) is 6.90. The van der Waals surface area contributed by atoms with Gasteiger partial charge in [-0.2, -0.15) is 0 Å². The maximum Gasteiger partial charge on any atom is 0.222 e. The molecule has 0 aliphatic carbocycles. The van der Waals surface area contributed by atoms with E-state index in [9.17, 15) is 9.59 Å². The SMILES string of the molecule is CCCCCCCC/C=C\CCCCCCCCN(CCCCCCCC/C=C\CCCCCCCC)C(=O)CCCCCCCCC(N)=O. The maximum absolute atomic E-state index is 13.2. The number of nitrogens with two attached hydrogens (primary N) is 1. The fourth-order valence-corrected chi connectivity index (χ4v) is 6.90. The molecule has 0 rings (SSSR count). The van der Waals surface area contributed by atoms with Gasteiger partial charge < -0.3 is 10.6 Å². The molecule has 0 heterocycles. The van der Waals surface area contributed by atoms with E-state index >= 15 is 0 Å². The lowest BCUT2D eigenvalue weighted by atomic mass is 10.1. The van der Waals surface area contributed by atoms with Crippen LogP contribution in [0.3, 0.4) is 0 Å². The summed E-state index contributed by atoms with van der Waals surface area (Å²) in [7, 11) is 0. The largest absolute Gasteiger partial charge is 0.370 e. The smallest absolute Gasteiger partial charge is 0.222 e. The zero-order valence-electron chi connectivity index (χ0n) is 34.0. The predicted octanol–water partition coefficient (Wildman–Crippen LogP) is 14.5. The summed E-state index contributed by atoms with van der Waals surface area (Å²) in [4.78, 5) is 26.3. The van der Waals surface area contributed by atoms with Crippen molar-refractivity contribution in [2.24, 2.45) is 5.73 Å². The molecule has 0 radical (unpaired) electrons. The van der Waals surface area contributed by atoms with Gasteiger partial charge in [0.1, 0.15) is 0 Å². The minimum absolute atomic E-state index is 0.195. The third-order valence-electron chi connectivity index (χ3n) is 10.3. The summed E-state index contributed by atoms with van der Waals surface area (Å²) in [6, 6.07) is 0. The Morgan fingerprint density at radius 1 is 0.380 bits per heavy atom. The first-order valence-electron chi connectivity index (χ1n) is 22.5. The molecule has 2 amide bonds. The molecule has 4 nitrogen and oxygen atoms in total. The molecule has 0 saturated heterocycles. The number of hydrogen-bond acceptors (Lipinski definition) is 2. The first-order chi connectivity index (χ1) is 24.6. The number of nitrogens with zero attached hydrogens (tertiary/aromatic N) is 1. The molecule has 0 unspecified atom stereocenters. The second kappa shape index (κ2) is 41.8. The van der Waals surface area contributed by atoms with Crippen LogP contribution in [0.5, 0.6) is 0 Å². The van der Waals surface area contributed by atoms with Gasteiger partial charge in [0, 0.05) is 25.9 Å². The number of primary amides is 1. The molecule has 0 saturated carbocycles. The Bertz CT molecular complexity index is 719. The van der Waals surface area contributed by atoms with Crippen LogP contribution < -0.4 is 5.73 Å². The Morgan fingerprint density at radius 2 is 0.660 bits per heavy atom. The van der Waals surface area contributed by atoms with E-state index < -0.39 is 0 Å². The zero-order chi connectivity index (χ0) is 36.4. The lowest BCUT2D eigenvalue weighted by Gasteiger charge is -2.23. The standard InChI is InChI=1S/C46H88N2O2/c1-3-5-7-9-11-13-15-17-19-21-23-25-27-31-35-39-43-48(46(50)42-38-34-30-29-33-37-41-45(47)49)44-40-36-32-28-26-24-22-20-18-16-14-12-10-8-6-4-2/h17-20H,3-16,21-44H2,1-2H3,(H2,47,49)/b19-17-,20-18-. The van der Waals surface area contributed by atoms with Crippen molar-refractivity contribution in [3.63, 3.8) is 0 Å². The number of hydrogen-bond donors (Lipinski definition) is 1. The topological polar surface area (TPSA) is 63.4 Å². The molecule has 0 atom stereocenters. The highest BCUT2D eigenvalue weighted by atomic mass is 16.2. The highest BCUT2D eigenvalue weighted by molar-refractivity contribution is 5.76. The van der Waals surface area contributed by atoms with Crippen molar-refractivity contribution in [3.8, 4) is 0 Å². The number of carbonyl (C=O) groups excluding carboxylic acids is 2. The summed E-state index contributed by atoms with van der Waals surface area (Å²) >= 11 is 0. The summed E-state index contributed by atoms with van der Waals surface area (Å²) in [6.45, 7) is 6.45. The molecule has 2 N–H and O–H groups in total. The lowest BCUT2D eigenvalue weighted by molar-refractivity contribution is -0.131. The van der Waals surface area contributed by atoms with Crippen LogP contribution in [0.15, 0.2) is 24.3 Å². The van der Waals surface area contributed by atoms with Crippen LogP contribution in [-0.2, 0) is 9.59 Å². The molecule has 0 aromatic rings. The average Bonchev–Trinajstić information content (AvgIpc) is 3.11. The molecule has 50 heavy (non-hydrogen) atoms. The lowest BCUT2D eigenvalue weighted by Crippen LogP contribution is -2.32. The highest BCUT2D eigenvalue weighted by Crippen LogP contribution is 2.15. The van der Waals surface area contributed by atoms with Crippen LogP contribution in [0.25, 0.3) is 0 Å². The van der Waals surface area contributed by atoms with E-state index in [0.717, 1.165) is 64.5 Å². The molecule has 0 aromatic heterocycles. The van der Waals surface area contributed by atoms with Gasteiger partial charge >= 0.3 is 0 Å². The number of allylic oxidation sites excluding steroid dienone is 4. The Morgan fingerprint density at radius 3 is 1.00 bits per heavy atom. The Hall–Kier alpha value is -1.58. The molecule has 294 valence electrons. The van der Waals surface area contributed by atoms with E-state index in [1.165, 1.54) is 167 Å². The van der Waals surface area contributed by atoms with Gasteiger partial charge in [-0.1, -0.05) is 179 Å². The normalized spacial score (nSPS) is 11.7. The number of amides is 2. The molecule has 0 aromatic carbocycles. The van der Waals surface area contributed by atoms with E-state index in [2.05, 4.69) is 43.1 Å². The van der Waals surface area contributed by atoms with Crippen molar-refractivity contribution in [1.82, 2.24) is 4.90 Å². The van der Waals surface area contributed by atoms with Gasteiger partial charge in [0.25, 0.3) is 0 Å². The maximum atomic E-state index is 13.2. The molecule has 0 fully saturated rings. The Kier molecular flexibility index (Phi) is 40.5. The number of unbranched alkanes of at least 4 members (excludes halogenated alkanes) is 29. The number of carbonyl (C=O) groups is 2. The van der Waals surface area contributed by atoms with E-state index in [1.807, 2.05) is 0 Å². The summed E-state index contributed by atoms with van der Waals surface area (Å²) in [5.41, 5.74) is 5.24. The van der Waals surface area contributed by atoms with Crippen molar-refractivity contribution < 1.29 is 9.59 Å². The van der Waals surface area contributed by atoms with Gasteiger partial charge in [0.05, 0.1) is 0 Å². The predicted molar refractivity (Wildman–Crippen MR) is 222 cm³/mol. The van der Waals surface area contributed by atoms with E-state index in [0.29, 0.717) is 18.7 Å². The second-order valence-corrected chi connectivity index (χ2v) is 15.3. The van der Waals surface area contributed by atoms with Crippen molar-refractivity contribution >= 4 is 11.8 Å². The molecular formula is C46H88N2O2. The summed E-state index contributed by atoms with van der Waals surface area (Å²) in [6.07, 6.45) is 54.1. The Balaban J connectivity index is 4.11. The highest BCUT2D eigenvalue weighted by Gasteiger charge is 2.12. The van der Waals surface area contributed by atoms with E-state index in [-0.39, 0.29) is 5.91 Å². The van der Waals surface area contributed by atoms with Crippen LogP contribution in [-0.4, -0.2) is 29.8 Å². The second-order valence-electron chi connectivity index (χ2n) is 15.3. The van der Waals surface area contributed by atoms with Gasteiger partial charge in [-0.25, -0.2) is 0 Å². The minimum atomic E-state index is -0.195. The summed E-state index contributed by atoms with van der Waals surface area (Å²) in [5, 5.41) is 0. The van der Waals surface area contributed by atoms with Crippen molar-refractivity contribution in [3.05, 3.63) is 24.3 Å². The molecule has 0 spiro atoms. The van der Waals surface area contributed by atoms with Crippen LogP contribution in [0, 0.1) is 0 Å². The van der Waals surface area contributed by atoms with Crippen molar-refractivity contribution in [2.45, 2.75) is 245 Å². The quantitative estimate of drug-likeness (QED) is 0.0510. The van der Waals surface area contributed by atoms with Crippen molar-refractivity contribution in [1.29, 1.82) is 0 Å². The number of rotatable bonds is 41. The van der Waals surface area contributed by atoms with Gasteiger partial charge in [-0.3, -0.25) is 9.59 Å². The van der Waals surface area contributed by atoms with Crippen LogP contribution in [0.4, 0.5) is 0 Å². The summed E-state index contributed by atoms with van der Waals surface area (Å²) in [5.74, 6) is 0.179. The van der Waals surface area contributed by atoms with Crippen LogP contribution >= 0.6 is 0 Å². The first-order valence-corrected chi connectivity index (χ1v) is 22.5. The zero-order valence-corrected chi connectivity index (χ0v) is 34.0. The molecule has 0 aliphatic heterocycles. The fraction of sp³-hybridized carbons (Fsp3) is 0.870. The first kappa shape index (κ1) is 48.4. The minimum Gasteiger partial charge on any atom is -0.370 e. The van der Waals surface area contributed by atoms with Gasteiger partial charge in [-0.05, 0) is 77.0 Å². The molecule has 0 aliphatic rings. The van der Waals surface area contributed by atoms with Crippen molar-refractivity contribution in [2.75, 3.05) is 13.1 Å². The van der Waals surface area contributed by atoms with E-state index in [1.54, 1.807) is 0 Å². The van der Waals surface area contributed by atoms with Crippen LogP contribution in [0.2, 0.25) is 0 Å². The molecule has 0 bridgehead atoms. The molecular weight excluding hydrogens is 613 g/mol. The third-order valence-corrected chi connectivity index (χ3v) is 10.3. The molecule has 4 heteroatoms. The van der Waals surface area contributed by atoms with Gasteiger partial charge in [-0.15, -0.1) is 0 Å². The summed E-state index contributed by atoms with van der Waals surface area (Å²) < 4.78 is 0. The van der Waals surface area contributed by atoms with Crippen LogP contribution in [0.1, 0.15) is 245 Å².